The van der Waals surface area contributed by atoms with Gasteiger partial charge in [0, 0.05) is 17.8 Å². The van der Waals surface area contributed by atoms with Crippen LogP contribution in [-0.4, -0.2) is 30.5 Å². The van der Waals surface area contributed by atoms with Crippen molar-refractivity contribution in [1.82, 2.24) is 0 Å². The molecule has 0 aliphatic rings. The average Bonchev–Trinajstić information content (AvgIpc) is 2.76. The minimum atomic E-state index is -0.582. The molecule has 3 rings (SSSR count). The standard InChI is InChI=1S/C22H20N2O6/c1-14(15-6-7-17-11-20(29-2)9-8-16(17)10-15)22(26)30-13-21(25)23-18-4-3-5-19(12-18)24(27)28/h3-12,14H,13H2,1-2H3,(H,23,25)/t14-/m0/s1. The van der Waals surface area contributed by atoms with Crippen LogP contribution in [0, 0.1) is 10.1 Å². The van der Waals surface area contributed by atoms with Gasteiger partial charge in [-0.15, -0.1) is 0 Å². The summed E-state index contributed by atoms with van der Waals surface area (Å²) in [6.45, 7) is 1.21. The van der Waals surface area contributed by atoms with Crippen molar-refractivity contribution in [1.29, 1.82) is 0 Å². The topological polar surface area (TPSA) is 108 Å². The zero-order chi connectivity index (χ0) is 21.7. The van der Waals surface area contributed by atoms with E-state index in [4.69, 9.17) is 9.47 Å². The summed E-state index contributed by atoms with van der Waals surface area (Å²) >= 11 is 0. The first kappa shape index (κ1) is 20.8. The molecule has 154 valence electrons. The molecule has 30 heavy (non-hydrogen) atoms. The van der Waals surface area contributed by atoms with E-state index in [1.165, 1.54) is 24.3 Å². The molecular weight excluding hydrogens is 388 g/mol. The van der Waals surface area contributed by atoms with Crippen LogP contribution in [0.3, 0.4) is 0 Å². The Morgan fingerprint density at radius 1 is 1.07 bits per heavy atom. The van der Waals surface area contributed by atoms with Gasteiger partial charge >= 0.3 is 5.97 Å². The smallest absolute Gasteiger partial charge is 0.313 e. The lowest BCUT2D eigenvalue weighted by atomic mass is 9.98. The number of nitrogens with zero attached hydrogens (tertiary/aromatic N) is 1. The number of benzene rings is 3. The van der Waals surface area contributed by atoms with Gasteiger partial charge < -0.3 is 14.8 Å². The number of methoxy groups -OCH3 is 1. The van der Waals surface area contributed by atoms with E-state index in [-0.39, 0.29) is 11.4 Å². The highest BCUT2D eigenvalue weighted by molar-refractivity contribution is 5.93. The van der Waals surface area contributed by atoms with Gasteiger partial charge in [0.05, 0.1) is 18.0 Å². The number of hydrogen-bond acceptors (Lipinski definition) is 6. The molecule has 0 saturated carbocycles. The van der Waals surface area contributed by atoms with Crippen molar-refractivity contribution in [3.8, 4) is 5.75 Å². The summed E-state index contributed by atoms with van der Waals surface area (Å²) in [5.41, 5.74) is 0.868. The molecule has 0 aliphatic carbocycles. The van der Waals surface area contributed by atoms with E-state index < -0.39 is 29.3 Å². The molecule has 1 N–H and O–H groups in total. The predicted octanol–water partition coefficient (Wildman–Crippen LogP) is 4.04. The predicted molar refractivity (Wildman–Crippen MR) is 112 cm³/mol. The molecule has 0 saturated heterocycles. The Kier molecular flexibility index (Phi) is 6.26. The summed E-state index contributed by atoms with van der Waals surface area (Å²) < 4.78 is 10.3. The lowest BCUT2D eigenvalue weighted by Gasteiger charge is -2.13. The second-order valence-corrected chi connectivity index (χ2v) is 6.66. The first-order valence-electron chi connectivity index (χ1n) is 9.16. The number of hydrogen-bond donors (Lipinski definition) is 1. The van der Waals surface area contributed by atoms with E-state index in [9.17, 15) is 19.7 Å². The van der Waals surface area contributed by atoms with Crippen LogP contribution in [0.25, 0.3) is 10.8 Å². The zero-order valence-electron chi connectivity index (χ0n) is 16.5. The number of carbonyl (C=O) groups excluding carboxylic acids is 2. The van der Waals surface area contributed by atoms with E-state index >= 15 is 0 Å². The summed E-state index contributed by atoms with van der Waals surface area (Å²) in [5.74, 6) is -0.946. The number of rotatable bonds is 7. The van der Waals surface area contributed by atoms with Gasteiger partial charge in [-0.25, -0.2) is 0 Å². The van der Waals surface area contributed by atoms with Gasteiger partial charge in [0.25, 0.3) is 11.6 Å². The summed E-state index contributed by atoms with van der Waals surface area (Å²) in [6.07, 6.45) is 0. The second-order valence-electron chi connectivity index (χ2n) is 6.66. The molecule has 0 fully saturated rings. The fraction of sp³-hybridized carbons (Fsp3) is 0.182. The molecule has 8 heteroatoms. The largest absolute Gasteiger partial charge is 0.497 e. The number of nitro benzene ring substituents is 1. The van der Waals surface area contributed by atoms with Crippen LogP contribution < -0.4 is 10.1 Å². The van der Waals surface area contributed by atoms with Crippen molar-refractivity contribution >= 4 is 34.0 Å². The minimum Gasteiger partial charge on any atom is -0.497 e. The Labute approximate surface area is 172 Å². The molecule has 0 aliphatic heterocycles. The number of esters is 1. The Balaban J connectivity index is 1.60. The Morgan fingerprint density at radius 2 is 1.80 bits per heavy atom. The molecule has 3 aromatic rings. The van der Waals surface area contributed by atoms with E-state index in [0.717, 1.165) is 22.1 Å². The third kappa shape index (κ3) is 4.91. The van der Waals surface area contributed by atoms with Crippen LogP contribution >= 0.6 is 0 Å². The van der Waals surface area contributed by atoms with Crippen LogP contribution in [0.4, 0.5) is 11.4 Å². The van der Waals surface area contributed by atoms with Gasteiger partial charge in [-0.1, -0.05) is 30.3 Å². The number of nitrogens with one attached hydrogen (secondary N) is 1. The van der Waals surface area contributed by atoms with Gasteiger partial charge in [0.2, 0.25) is 0 Å². The third-order valence-corrected chi connectivity index (χ3v) is 4.61. The molecule has 0 unspecified atom stereocenters. The van der Waals surface area contributed by atoms with Crippen molar-refractivity contribution in [2.24, 2.45) is 0 Å². The highest BCUT2D eigenvalue weighted by Crippen LogP contribution is 2.26. The molecule has 0 heterocycles. The molecule has 1 atom stereocenters. The van der Waals surface area contributed by atoms with Gasteiger partial charge in [-0.05, 0) is 41.5 Å². The minimum absolute atomic E-state index is 0.146. The van der Waals surface area contributed by atoms with E-state index in [0.29, 0.717) is 0 Å². The Morgan fingerprint density at radius 3 is 2.53 bits per heavy atom. The maximum absolute atomic E-state index is 12.4. The van der Waals surface area contributed by atoms with E-state index in [2.05, 4.69) is 5.32 Å². The van der Waals surface area contributed by atoms with Crippen molar-refractivity contribution in [2.75, 3.05) is 19.0 Å². The van der Waals surface area contributed by atoms with Crippen molar-refractivity contribution in [3.05, 3.63) is 76.3 Å². The fourth-order valence-corrected chi connectivity index (χ4v) is 2.93. The molecule has 0 spiro atoms. The molecular formula is C22H20N2O6. The maximum atomic E-state index is 12.4. The number of ether oxygens (including phenoxy) is 2. The van der Waals surface area contributed by atoms with Gasteiger partial charge in [0.1, 0.15) is 5.75 Å². The number of non-ortho nitro benzene ring substituents is 1. The zero-order valence-corrected chi connectivity index (χ0v) is 16.5. The highest BCUT2D eigenvalue weighted by atomic mass is 16.6. The molecule has 0 radical (unpaired) electrons. The van der Waals surface area contributed by atoms with Crippen molar-refractivity contribution in [3.63, 3.8) is 0 Å². The molecule has 0 aromatic heterocycles. The third-order valence-electron chi connectivity index (χ3n) is 4.61. The first-order valence-corrected chi connectivity index (χ1v) is 9.16. The number of nitro groups is 1. The molecule has 8 nitrogen and oxygen atoms in total. The van der Waals surface area contributed by atoms with Gasteiger partial charge in [0.15, 0.2) is 6.61 Å². The summed E-state index contributed by atoms with van der Waals surface area (Å²) in [5, 5.41) is 15.2. The normalized spacial score (nSPS) is 11.5. The lowest BCUT2D eigenvalue weighted by molar-refractivity contribution is -0.384. The average molecular weight is 408 g/mol. The SMILES string of the molecule is COc1ccc2cc([C@H](C)C(=O)OCC(=O)Nc3cccc([N+](=O)[O-])c3)ccc2c1. The van der Waals surface area contributed by atoms with Crippen molar-refractivity contribution < 1.29 is 24.0 Å². The van der Waals surface area contributed by atoms with Crippen LogP contribution in [-0.2, 0) is 14.3 Å². The van der Waals surface area contributed by atoms with Crippen LogP contribution in [0.5, 0.6) is 5.75 Å². The Hall–Kier alpha value is -3.94. The molecule has 3 aromatic carbocycles. The fourth-order valence-electron chi connectivity index (χ4n) is 2.93. The maximum Gasteiger partial charge on any atom is 0.313 e. The monoisotopic (exact) mass is 408 g/mol. The summed E-state index contributed by atoms with van der Waals surface area (Å²) in [4.78, 5) is 34.6. The lowest BCUT2D eigenvalue weighted by Crippen LogP contribution is -2.23. The number of fused-ring (bicyclic) bond motifs is 1. The first-order chi connectivity index (χ1) is 14.4. The number of carbonyl (C=O) groups is 2. The highest BCUT2D eigenvalue weighted by Gasteiger charge is 2.19. The number of anilines is 1. The van der Waals surface area contributed by atoms with E-state index in [1.54, 1.807) is 14.0 Å². The van der Waals surface area contributed by atoms with Gasteiger partial charge in [-0.2, -0.15) is 0 Å². The van der Waals surface area contributed by atoms with Crippen LogP contribution in [0.1, 0.15) is 18.4 Å². The molecule has 0 bridgehead atoms. The molecule has 1 amide bonds. The Bertz CT molecular complexity index is 1110. The van der Waals surface area contributed by atoms with Crippen molar-refractivity contribution in [2.45, 2.75) is 12.8 Å². The van der Waals surface area contributed by atoms with Crippen LogP contribution in [0.15, 0.2) is 60.7 Å². The van der Waals surface area contributed by atoms with Gasteiger partial charge in [-0.3, -0.25) is 19.7 Å². The summed E-state index contributed by atoms with van der Waals surface area (Å²) in [7, 11) is 1.60. The summed E-state index contributed by atoms with van der Waals surface area (Å²) in [6, 6.07) is 16.8. The van der Waals surface area contributed by atoms with Crippen LogP contribution in [0.2, 0.25) is 0 Å². The quantitative estimate of drug-likeness (QED) is 0.359. The number of amides is 1. The van der Waals surface area contributed by atoms with E-state index in [1.807, 2.05) is 36.4 Å². The second kappa shape index (κ2) is 9.04.